The number of allylic oxidation sites excluding steroid dienone is 1. The predicted octanol–water partition coefficient (Wildman–Crippen LogP) is -0.0942. The summed E-state index contributed by atoms with van der Waals surface area (Å²) in [4.78, 5) is 0. The lowest BCUT2D eigenvalue weighted by molar-refractivity contribution is 0.739. The summed E-state index contributed by atoms with van der Waals surface area (Å²) in [6.45, 7) is 4.01. The molecule has 0 saturated heterocycles. The van der Waals surface area contributed by atoms with Gasteiger partial charge in [-0.2, -0.15) is 0 Å². The van der Waals surface area contributed by atoms with E-state index in [9.17, 15) is 0 Å². The minimum Gasteiger partial charge on any atom is -0.401 e. The van der Waals surface area contributed by atoms with Gasteiger partial charge in [0, 0.05) is 11.9 Å². The van der Waals surface area contributed by atoms with Crippen molar-refractivity contribution in [2.24, 2.45) is 17.5 Å². The molecule has 0 atom stereocenters. The highest BCUT2D eigenvalue weighted by molar-refractivity contribution is 4.96. The smallest absolute Gasteiger partial charge is 0.0313 e. The number of nitrogens with one attached hydrogen (secondary N) is 1. The van der Waals surface area contributed by atoms with Crippen LogP contribution in [0.1, 0.15) is 13.8 Å². The molecule has 0 fully saturated rings. The van der Waals surface area contributed by atoms with E-state index in [0.717, 1.165) is 5.70 Å². The van der Waals surface area contributed by atoms with Gasteiger partial charge >= 0.3 is 0 Å². The third-order valence-corrected chi connectivity index (χ3v) is 0.917. The van der Waals surface area contributed by atoms with Gasteiger partial charge in [0.15, 0.2) is 0 Å². The van der Waals surface area contributed by atoms with Crippen molar-refractivity contribution in [2.45, 2.75) is 13.8 Å². The van der Waals surface area contributed by atoms with Crippen molar-refractivity contribution in [2.75, 3.05) is 0 Å². The molecule has 8 heavy (non-hydrogen) atoms. The predicted molar refractivity (Wildman–Crippen MR) is 34.4 cm³/mol. The molecular weight excluding hydrogens is 102 g/mol. The molecule has 3 nitrogen and oxygen atoms in total. The Morgan fingerprint density at radius 1 is 1.62 bits per heavy atom. The Labute approximate surface area is 49.7 Å². The molecule has 0 aromatic carbocycles. The summed E-state index contributed by atoms with van der Waals surface area (Å²) in [5.74, 6) is 5.33. The van der Waals surface area contributed by atoms with Gasteiger partial charge < -0.3 is 11.2 Å². The van der Waals surface area contributed by atoms with Crippen LogP contribution in [0, 0.1) is 5.92 Å². The zero-order chi connectivity index (χ0) is 6.57. The Hall–Kier alpha value is -0.700. The lowest BCUT2D eigenvalue weighted by Crippen LogP contribution is -2.18. The van der Waals surface area contributed by atoms with Crippen LogP contribution in [0.4, 0.5) is 0 Å². The van der Waals surface area contributed by atoms with Crippen LogP contribution in [0.3, 0.4) is 0 Å². The molecule has 0 spiro atoms. The molecule has 0 radical (unpaired) electrons. The van der Waals surface area contributed by atoms with Crippen molar-refractivity contribution in [3.63, 3.8) is 0 Å². The maximum absolute atomic E-state index is 5.45. The van der Waals surface area contributed by atoms with E-state index < -0.39 is 0 Å². The second-order valence-corrected chi connectivity index (χ2v) is 1.97. The first-order valence-corrected chi connectivity index (χ1v) is 2.60. The highest BCUT2D eigenvalue weighted by atomic mass is 15.2. The van der Waals surface area contributed by atoms with E-state index in [-0.39, 0.29) is 0 Å². The molecule has 0 amide bonds. The molecule has 0 aliphatic heterocycles. The summed E-state index contributed by atoms with van der Waals surface area (Å²) in [5, 5.41) is 0. The fourth-order valence-electron chi connectivity index (χ4n) is 0.263. The maximum Gasteiger partial charge on any atom is 0.0313 e. The van der Waals surface area contributed by atoms with Gasteiger partial charge in [-0.15, -0.1) is 0 Å². The lowest BCUT2D eigenvalue weighted by Gasteiger charge is -2.02. The number of nitrogens with two attached hydrogens (primary N) is 2. The van der Waals surface area contributed by atoms with Crippen molar-refractivity contribution in [3.05, 3.63) is 11.9 Å². The van der Waals surface area contributed by atoms with Crippen molar-refractivity contribution >= 4 is 0 Å². The van der Waals surface area contributed by atoms with Gasteiger partial charge in [-0.25, -0.2) is 0 Å². The highest BCUT2D eigenvalue weighted by Crippen LogP contribution is 1.98. The Morgan fingerprint density at radius 3 is 2.25 bits per heavy atom. The summed E-state index contributed by atoms with van der Waals surface area (Å²) >= 11 is 0. The third kappa shape index (κ3) is 2.47. The second-order valence-electron chi connectivity index (χ2n) is 1.97. The molecule has 5 N–H and O–H groups in total. The molecule has 48 valence electrons. The normalized spacial score (nSPS) is 12.2. The molecular formula is C5H13N3. The van der Waals surface area contributed by atoms with E-state index in [0.29, 0.717) is 5.92 Å². The van der Waals surface area contributed by atoms with Crippen LogP contribution in [0.15, 0.2) is 11.9 Å². The van der Waals surface area contributed by atoms with E-state index in [1.165, 1.54) is 0 Å². The molecule has 0 bridgehead atoms. The number of hydrogen-bond acceptors (Lipinski definition) is 3. The van der Waals surface area contributed by atoms with Crippen LogP contribution < -0.4 is 17.0 Å². The first-order valence-electron chi connectivity index (χ1n) is 2.60. The summed E-state index contributed by atoms with van der Waals surface area (Å²) in [6, 6.07) is 0. The van der Waals surface area contributed by atoms with Crippen molar-refractivity contribution < 1.29 is 0 Å². The largest absolute Gasteiger partial charge is 0.401 e. The Bertz CT molecular complexity index is 85.7. The van der Waals surface area contributed by atoms with Crippen molar-refractivity contribution in [1.82, 2.24) is 5.43 Å². The summed E-state index contributed by atoms with van der Waals surface area (Å²) in [7, 11) is 0. The summed E-state index contributed by atoms with van der Waals surface area (Å²) < 4.78 is 0. The first kappa shape index (κ1) is 7.30. The maximum atomic E-state index is 5.45. The van der Waals surface area contributed by atoms with Gasteiger partial charge in [0.25, 0.3) is 0 Å². The SMILES string of the molecule is CC(C)/C(N)=C/NN. The topological polar surface area (TPSA) is 64.1 Å². The van der Waals surface area contributed by atoms with Crippen molar-refractivity contribution in [1.29, 1.82) is 0 Å². The number of rotatable bonds is 2. The molecule has 0 aliphatic rings. The fourth-order valence-corrected chi connectivity index (χ4v) is 0.263. The number of hydrazine groups is 1. The zero-order valence-corrected chi connectivity index (χ0v) is 5.31. The minimum atomic E-state index is 0.367. The standard InChI is InChI=1S/C5H13N3/c1-4(2)5(6)3-8-7/h3-4,8H,6-7H2,1-2H3/b5-3-. The van der Waals surface area contributed by atoms with Gasteiger partial charge in [0.1, 0.15) is 0 Å². The molecule has 0 heterocycles. The third-order valence-electron chi connectivity index (χ3n) is 0.917. The fraction of sp³-hybridized carbons (Fsp3) is 0.600. The van der Waals surface area contributed by atoms with Gasteiger partial charge in [-0.3, -0.25) is 5.84 Å². The van der Waals surface area contributed by atoms with Crippen LogP contribution in [-0.4, -0.2) is 0 Å². The van der Waals surface area contributed by atoms with Gasteiger partial charge in [-0.1, -0.05) is 13.8 Å². The van der Waals surface area contributed by atoms with Crippen LogP contribution in [0.2, 0.25) is 0 Å². The van der Waals surface area contributed by atoms with Gasteiger partial charge in [0.2, 0.25) is 0 Å². The lowest BCUT2D eigenvalue weighted by atomic mass is 10.2. The van der Waals surface area contributed by atoms with Crippen LogP contribution >= 0.6 is 0 Å². The van der Waals surface area contributed by atoms with E-state index in [4.69, 9.17) is 11.6 Å². The van der Waals surface area contributed by atoms with Gasteiger partial charge in [-0.05, 0) is 5.92 Å². The first-order chi connectivity index (χ1) is 3.68. The van der Waals surface area contributed by atoms with E-state index in [2.05, 4.69) is 5.43 Å². The Morgan fingerprint density at radius 2 is 2.12 bits per heavy atom. The molecule has 0 rings (SSSR count). The number of hydrogen-bond donors (Lipinski definition) is 3. The molecule has 0 aromatic rings. The average Bonchev–Trinajstić information content (AvgIpc) is 1.67. The molecule has 0 aliphatic carbocycles. The minimum absolute atomic E-state index is 0.367. The van der Waals surface area contributed by atoms with Gasteiger partial charge in [0.05, 0.1) is 0 Å². The Kier molecular flexibility index (Phi) is 3.03. The van der Waals surface area contributed by atoms with Crippen LogP contribution in [0.25, 0.3) is 0 Å². The van der Waals surface area contributed by atoms with Crippen LogP contribution in [-0.2, 0) is 0 Å². The second kappa shape index (κ2) is 3.32. The van der Waals surface area contributed by atoms with E-state index in [1.54, 1.807) is 6.20 Å². The molecule has 0 saturated carbocycles. The van der Waals surface area contributed by atoms with E-state index >= 15 is 0 Å². The zero-order valence-electron chi connectivity index (χ0n) is 5.31. The molecule has 3 heteroatoms. The Balaban J connectivity index is 3.61. The van der Waals surface area contributed by atoms with Crippen molar-refractivity contribution in [3.8, 4) is 0 Å². The molecule has 0 unspecified atom stereocenters. The highest BCUT2D eigenvalue weighted by Gasteiger charge is 1.93. The molecule has 0 aromatic heterocycles. The average molecular weight is 115 g/mol. The monoisotopic (exact) mass is 115 g/mol. The summed E-state index contributed by atoms with van der Waals surface area (Å²) in [5.41, 5.74) is 8.58. The summed E-state index contributed by atoms with van der Waals surface area (Å²) in [6.07, 6.45) is 1.59. The quantitative estimate of drug-likeness (QED) is 0.348. The van der Waals surface area contributed by atoms with Crippen LogP contribution in [0.5, 0.6) is 0 Å². The van der Waals surface area contributed by atoms with E-state index in [1.807, 2.05) is 13.8 Å².